The van der Waals surface area contributed by atoms with Crippen molar-refractivity contribution in [3.8, 4) is 17.1 Å². The average Bonchev–Trinajstić information content (AvgIpc) is 3.01. The van der Waals surface area contributed by atoms with E-state index in [1.54, 1.807) is 23.1 Å². The van der Waals surface area contributed by atoms with Gasteiger partial charge in [0.25, 0.3) is 10.0 Å². The van der Waals surface area contributed by atoms with Crippen molar-refractivity contribution in [3.63, 3.8) is 0 Å². The Morgan fingerprint density at radius 2 is 1.69 bits per heavy atom. The van der Waals surface area contributed by atoms with Crippen LogP contribution in [-0.2, 0) is 14.8 Å². The van der Waals surface area contributed by atoms with Crippen molar-refractivity contribution in [2.24, 2.45) is 22.7 Å². The van der Waals surface area contributed by atoms with Crippen LogP contribution >= 0.6 is 0 Å². The van der Waals surface area contributed by atoms with E-state index < -0.39 is 33.5 Å². The molecule has 13 heteroatoms. The van der Waals surface area contributed by atoms with Crippen molar-refractivity contribution in [2.45, 2.75) is 96.7 Å². The first kappa shape index (κ1) is 36.9. The topological polar surface area (TPSA) is 111 Å². The van der Waals surface area contributed by atoms with Crippen LogP contribution in [0.15, 0.2) is 53.4 Å². The van der Waals surface area contributed by atoms with Gasteiger partial charge < -0.3 is 14.4 Å². The number of likely N-dealkylation sites (tertiary alicyclic amines) is 1. The molecule has 3 aliphatic rings. The lowest BCUT2D eigenvalue weighted by molar-refractivity contribution is -0.219. The van der Waals surface area contributed by atoms with E-state index in [1.165, 1.54) is 19.9 Å². The number of anilines is 1. The highest BCUT2D eigenvalue weighted by atomic mass is 32.2. The third-order valence-electron chi connectivity index (χ3n) is 11.0. The Morgan fingerprint density at radius 3 is 2.31 bits per heavy atom. The van der Waals surface area contributed by atoms with Crippen molar-refractivity contribution in [3.05, 3.63) is 65.2 Å². The minimum absolute atomic E-state index is 0.0195. The monoisotopic (exact) mass is 728 g/mol. The summed E-state index contributed by atoms with van der Waals surface area (Å²) in [7, 11) is -4.19. The predicted octanol–water partition coefficient (Wildman–Crippen LogP) is 8.67. The van der Waals surface area contributed by atoms with E-state index in [-0.39, 0.29) is 53.3 Å². The van der Waals surface area contributed by atoms with Gasteiger partial charge >= 0.3 is 12.3 Å². The van der Waals surface area contributed by atoms with Crippen LogP contribution in [0.1, 0.15) is 82.4 Å². The summed E-state index contributed by atoms with van der Waals surface area (Å²) in [4.78, 5) is 23.2. The minimum atomic E-state index is -4.48. The number of ether oxygens (including phenoxy) is 2. The number of amides is 1. The number of carbonyl (C=O) groups is 1. The average molecular weight is 729 g/mol. The minimum Gasteiger partial charge on any atom is -0.477 e. The quantitative estimate of drug-likeness (QED) is 0.280. The summed E-state index contributed by atoms with van der Waals surface area (Å²) >= 11 is 0. The Hall–Kier alpha value is -3.87. The standard InChI is InChI=1S/C38H47F3N4O5S/c1-23(2)50-35(46)45-15-13-37(14-16-45)20-27(21-37)33-26-11-8-12-29(17-26)51(47,48)44-34-42-30(32-24(3)9-7-10-25(32)4)18-31(43-34)49-22-28(33)19-36(5,6)38(39,40)41/h7-12,17-18,23,27-28,33H,13-16,19-22H2,1-6H3,(H,42,43,44)/t28-,33?/m1/s1. The molecule has 2 fully saturated rings. The maximum atomic E-state index is 14.5. The lowest BCUT2D eigenvalue weighted by atomic mass is 9.51. The largest absolute Gasteiger partial charge is 0.477 e. The fourth-order valence-electron chi connectivity index (χ4n) is 8.30. The van der Waals surface area contributed by atoms with Gasteiger partial charge in [-0.1, -0.05) is 44.2 Å². The van der Waals surface area contributed by atoms with Crippen molar-refractivity contribution in [2.75, 3.05) is 24.4 Å². The molecule has 1 aliphatic carbocycles. The highest BCUT2D eigenvalue weighted by Gasteiger charge is 2.54. The summed E-state index contributed by atoms with van der Waals surface area (Å²) in [6, 6.07) is 13.9. The summed E-state index contributed by atoms with van der Waals surface area (Å²) < 4.78 is 85.5. The highest BCUT2D eigenvalue weighted by molar-refractivity contribution is 7.92. The van der Waals surface area contributed by atoms with Gasteiger partial charge in [-0.2, -0.15) is 18.2 Å². The zero-order valence-corrected chi connectivity index (χ0v) is 30.8. The Bertz CT molecular complexity index is 1860. The SMILES string of the molecule is Cc1cccc(C)c1-c1cc2nc(n1)NS(=O)(=O)c1cccc(c1)C(C1CC3(CCN(C(=O)OC(C)C)CC3)C1)[C@H](CC(C)(C)C(F)(F)F)CO2. The zero-order chi connectivity index (χ0) is 36.9. The number of aryl methyl sites for hydroxylation is 2. The highest BCUT2D eigenvalue weighted by Crippen LogP contribution is 2.60. The Kier molecular flexibility index (Phi) is 9.84. The molecule has 276 valence electrons. The number of fused-ring (bicyclic) bond motifs is 4. The Balaban J connectivity index is 1.39. The zero-order valence-electron chi connectivity index (χ0n) is 30.0. The van der Waals surface area contributed by atoms with Crippen LogP contribution in [0.25, 0.3) is 11.3 Å². The van der Waals surface area contributed by atoms with Crippen molar-refractivity contribution < 1.29 is 35.9 Å². The van der Waals surface area contributed by atoms with Crippen LogP contribution in [0, 0.1) is 36.5 Å². The van der Waals surface area contributed by atoms with Crippen molar-refractivity contribution in [1.29, 1.82) is 0 Å². The number of benzene rings is 2. The van der Waals surface area contributed by atoms with Gasteiger partial charge in [0.15, 0.2) is 0 Å². The number of piperidine rings is 1. The maximum absolute atomic E-state index is 14.5. The molecule has 2 aliphatic heterocycles. The van der Waals surface area contributed by atoms with E-state index in [9.17, 15) is 26.4 Å². The molecule has 1 spiro atoms. The molecular weight excluding hydrogens is 682 g/mol. The van der Waals surface area contributed by atoms with Gasteiger partial charge in [0.1, 0.15) is 0 Å². The molecular formula is C38H47F3N4O5S. The molecule has 1 amide bonds. The van der Waals surface area contributed by atoms with Crippen molar-refractivity contribution in [1.82, 2.24) is 14.9 Å². The lowest BCUT2D eigenvalue weighted by Crippen LogP contribution is -2.51. The Morgan fingerprint density at radius 1 is 1.04 bits per heavy atom. The second-order valence-corrected chi connectivity index (χ2v) is 17.3. The van der Waals surface area contributed by atoms with Gasteiger partial charge in [-0.05, 0) is 106 Å². The molecule has 51 heavy (non-hydrogen) atoms. The second-order valence-electron chi connectivity index (χ2n) is 15.6. The van der Waals surface area contributed by atoms with Gasteiger partial charge in [-0.25, -0.2) is 22.9 Å². The van der Waals surface area contributed by atoms with Crippen LogP contribution in [0.3, 0.4) is 0 Å². The smallest absolute Gasteiger partial charge is 0.410 e. The summed E-state index contributed by atoms with van der Waals surface area (Å²) in [6.07, 6.45) is -2.24. The first-order valence-electron chi connectivity index (χ1n) is 17.6. The maximum Gasteiger partial charge on any atom is 0.410 e. The van der Waals surface area contributed by atoms with Crippen LogP contribution in [0.5, 0.6) is 5.88 Å². The molecule has 9 nitrogen and oxygen atoms in total. The summed E-state index contributed by atoms with van der Waals surface area (Å²) in [5.74, 6) is -1.22. The summed E-state index contributed by atoms with van der Waals surface area (Å²) in [6.45, 7) is 10.9. The van der Waals surface area contributed by atoms with Gasteiger partial charge in [0, 0.05) is 30.6 Å². The Labute approximate surface area is 298 Å². The van der Waals surface area contributed by atoms with Crippen LogP contribution in [0.4, 0.5) is 23.9 Å². The molecule has 2 atom stereocenters. The second kappa shape index (κ2) is 13.6. The van der Waals surface area contributed by atoms with E-state index in [0.717, 1.165) is 42.4 Å². The number of carbonyl (C=O) groups excluding carboxylic acids is 1. The number of nitrogens with zero attached hydrogens (tertiary/aromatic N) is 3. The number of aromatic nitrogens is 2. The molecule has 3 heterocycles. The van der Waals surface area contributed by atoms with E-state index in [0.29, 0.717) is 24.3 Å². The number of hydrogen-bond acceptors (Lipinski definition) is 7. The molecule has 4 bridgehead atoms. The van der Waals surface area contributed by atoms with Crippen molar-refractivity contribution >= 4 is 22.1 Å². The number of nitrogens with one attached hydrogen (secondary N) is 1. The number of rotatable bonds is 5. The number of halogens is 3. The first-order valence-corrected chi connectivity index (χ1v) is 19.1. The molecule has 1 unspecified atom stereocenters. The van der Waals surface area contributed by atoms with E-state index >= 15 is 0 Å². The van der Waals surface area contributed by atoms with Gasteiger partial charge in [-0.3, -0.25) is 0 Å². The van der Waals surface area contributed by atoms with Gasteiger partial charge in [0.2, 0.25) is 11.8 Å². The fourth-order valence-corrected chi connectivity index (χ4v) is 9.29. The summed E-state index contributed by atoms with van der Waals surface area (Å²) in [5.41, 5.74) is 1.60. The third-order valence-corrected chi connectivity index (χ3v) is 12.4. The normalized spacial score (nSPS) is 21.9. The van der Waals surface area contributed by atoms with E-state index in [4.69, 9.17) is 9.47 Å². The molecule has 3 aromatic rings. The van der Waals surface area contributed by atoms with E-state index in [1.807, 2.05) is 52.0 Å². The molecule has 1 saturated heterocycles. The first-order chi connectivity index (χ1) is 23.9. The van der Waals surface area contributed by atoms with Gasteiger partial charge in [0.05, 0.1) is 28.7 Å². The fraction of sp³-hybridized carbons (Fsp3) is 0.553. The number of alkyl halides is 3. The van der Waals surface area contributed by atoms with Crippen LogP contribution in [0.2, 0.25) is 0 Å². The molecule has 1 saturated carbocycles. The number of sulfonamides is 1. The van der Waals surface area contributed by atoms with Gasteiger partial charge in [-0.15, -0.1) is 0 Å². The van der Waals surface area contributed by atoms with E-state index in [2.05, 4.69) is 14.7 Å². The van der Waals surface area contributed by atoms with Crippen LogP contribution < -0.4 is 9.46 Å². The molecule has 0 radical (unpaired) electrons. The molecule has 2 aromatic carbocycles. The summed E-state index contributed by atoms with van der Waals surface area (Å²) in [5, 5.41) is 0. The molecule has 6 rings (SSSR count). The molecule has 1 aromatic heterocycles. The molecule has 1 N–H and O–H groups in total. The number of hydrogen-bond donors (Lipinski definition) is 1. The van der Waals surface area contributed by atoms with Crippen LogP contribution in [-0.4, -0.2) is 61.4 Å². The predicted molar refractivity (Wildman–Crippen MR) is 188 cm³/mol. The lowest BCUT2D eigenvalue weighted by Gasteiger charge is -2.55. The third kappa shape index (κ3) is 7.68.